The second-order valence-electron chi connectivity index (χ2n) is 3.50. The third-order valence-corrected chi connectivity index (χ3v) is 2.48. The van der Waals surface area contributed by atoms with E-state index in [2.05, 4.69) is 5.32 Å². The van der Waals surface area contributed by atoms with E-state index < -0.39 is 6.09 Å². The van der Waals surface area contributed by atoms with Gasteiger partial charge < -0.3 is 4.74 Å². The van der Waals surface area contributed by atoms with Gasteiger partial charge in [-0.25, -0.2) is 4.79 Å². The number of rotatable bonds is 1. The summed E-state index contributed by atoms with van der Waals surface area (Å²) >= 11 is 0. The molecule has 0 fully saturated rings. The van der Waals surface area contributed by atoms with Gasteiger partial charge in [0.05, 0.1) is 0 Å². The van der Waals surface area contributed by atoms with Crippen LogP contribution >= 0.6 is 0 Å². The van der Waals surface area contributed by atoms with Gasteiger partial charge in [-0.15, -0.1) is 0 Å². The van der Waals surface area contributed by atoms with Crippen LogP contribution in [-0.4, -0.2) is 6.09 Å². The van der Waals surface area contributed by atoms with E-state index in [4.69, 9.17) is 4.74 Å². The molecule has 1 aliphatic rings. The Morgan fingerprint density at radius 3 is 2.56 bits per heavy atom. The van der Waals surface area contributed by atoms with Crippen LogP contribution in [0.1, 0.15) is 0 Å². The molecular formula is C13H8NO2. The summed E-state index contributed by atoms with van der Waals surface area (Å²) in [4.78, 5) is 11.1. The zero-order valence-electron chi connectivity index (χ0n) is 8.38. The lowest BCUT2D eigenvalue weighted by Gasteiger charge is -2.04. The van der Waals surface area contributed by atoms with E-state index in [-0.39, 0.29) is 0 Å². The summed E-state index contributed by atoms with van der Waals surface area (Å²) in [6, 6.07) is 15.3. The molecule has 0 atom stereocenters. The summed E-state index contributed by atoms with van der Waals surface area (Å²) in [7, 11) is 0. The number of hydrogen-bond acceptors (Lipinski definition) is 2. The maximum absolute atomic E-state index is 11.1. The second-order valence-corrected chi connectivity index (χ2v) is 3.50. The van der Waals surface area contributed by atoms with Crippen molar-refractivity contribution in [2.24, 2.45) is 0 Å². The van der Waals surface area contributed by atoms with Crippen molar-refractivity contribution in [1.82, 2.24) is 5.32 Å². The van der Waals surface area contributed by atoms with Crippen LogP contribution in [0.15, 0.2) is 48.5 Å². The molecule has 0 saturated carbocycles. The largest absolute Gasteiger partial charge is 0.439 e. The number of amides is 1. The fourth-order valence-corrected chi connectivity index (χ4v) is 1.77. The molecule has 77 valence electrons. The molecule has 1 aliphatic heterocycles. The van der Waals surface area contributed by atoms with Gasteiger partial charge in [-0.05, 0) is 11.6 Å². The molecule has 0 aliphatic carbocycles. The fraction of sp³-hybridized carbons (Fsp3) is 0. The molecule has 1 amide bonds. The zero-order chi connectivity index (χ0) is 11.0. The van der Waals surface area contributed by atoms with E-state index in [1.54, 1.807) is 6.07 Å². The van der Waals surface area contributed by atoms with Gasteiger partial charge in [0.1, 0.15) is 5.69 Å². The molecule has 0 N–H and O–H groups in total. The van der Waals surface area contributed by atoms with Crippen LogP contribution in [0.5, 0.6) is 5.75 Å². The van der Waals surface area contributed by atoms with E-state index in [9.17, 15) is 4.79 Å². The van der Waals surface area contributed by atoms with Gasteiger partial charge in [-0.3, -0.25) is 0 Å². The van der Waals surface area contributed by atoms with Crippen LogP contribution in [0.3, 0.4) is 0 Å². The SMILES string of the molecule is O=C1[N]c2cccc(-c3ccccc3)c2O1. The minimum Gasteiger partial charge on any atom is -0.406 e. The Balaban J connectivity index is 2.17. The molecule has 1 heterocycles. The number of ether oxygens (including phenoxy) is 1. The first-order chi connectivity index (χ1) is 7.84. The minimum absolute atomic E-state index is 0.543. The molecule has 1 radical (unpaired) electrons. The van der Waals surface area contributed by atoms with Gasteiger partial charge >= 0.3 is 6.09 Å². The molecule has 16 heavy (non-hydrogen) atoms. The van der Waals surface area contributed by atoms with Crippen LogP contribution in [0.25, 0.3) is 11.1 Å². The molecule has 3 rings (SSSR count). The highest BCUT2D eigenvalue weighted by Crippen LogP contribution is 2.39. The lowest BCUT2D eigenvalue weighted by Crippen LogP contribution is -2.05. The highest BCUT2D eigenvalue weighted by molar-refractivity contribution is 5.90. The van der Waals surface area contributed by atoms with E-state index in [1.807, 2.05) is 42.5 Å². The third-order valence-electron chi connectivity index (χ3n) is 2.48. The fourth-order valence-electron chi connectivity index (χ4n) is 1.77. The van der Waals surface area contributed by atoms with Crippen molar-refractivity contribution in [2.45, 2.75) is 0 Å². The topological polar surface area (TPSA) is 40.4 Å². The highest BCUT2D eigenvalue weighted by Gasteiger charge is 2.24. The number of benzene rings is 2. The standard InChI is InChI=1S/C13H8NO2/c15-13-14-11-8-4-7-10(12(11)16-13)9-5-2-1-3-6-9/h1-8H. The molecular weight excluding hydrogens is 202 g/mol. The lowest BCUT2D eigenvalue weighted by molar-refractivity contribution is 0.211. The number of fused-ring (bicyclic) bond motifs is 1. The van der Waals surface area contributed by atoms with Crippen LogP contribution in [0.2, 0.25) is 0 Å². The Bertz CT molecular complexity index is 549. The number of nitrogens with zero attached hydrogens (tertiary/aromatic N) is 1. The molecule has 0 spiro atoms. The van der Waals surface area contributed by atoms with E-state index >= 15 is 0 Å². The molecule has 0 unspecified atom stereocenters. The summed E-state index contributed by atoms with van der Waals surface area (Å²) in [6.45, 7) is 0. The first kappa shape index (κ1) is 8.97. The summed E-state index contributed by atoms with van der Waals surface area (Å²) in [5.41, 5.74) is 2.52. The average molecular weight is 210 g/mol. The van der Waals surface area contributed by atoms with Crippen LogP contribution in [0, 0.1) is 0 Å². The van der Waals surface area contributed by atoms with Gasteiger partial charge in [0.25, 0.3) is 0 Å². The van der Waals surface area contributed by atoms with Gasteiger partial charge in [0.2, 0.25) is 0 Å². The van der Waals surface area contributed by atoms with Gasteiger partial charge in [0.15, 0.2) is 5.75 Å². The minimum atomic E-state index is -0.543. The van der Waals surface area contributed by atoms with Crippen molar-refractivity contribution in [1.29, 1.82) is 0 Å². The molecule has 2 aromatic carbocycles. The van der Waals surface area contributed by atoms with Crippen molar-refractivity contribution in [2.75, 3.05) is 0 Å². The maximum atomic E-state index is 11.1. The summed E-state index contributed by atoms with van der Waals surface area (Å²) in [5.74, 6) is 0.554. The van der Waals surface area contributed by atoms with Gasteiger partial charge in [-0.1, -0.05) is 42.5 Å². The van der Waals surface area contributed by atoms with Crippen LogP contribution < -0.4 is 10.1 Å². The Morgan fingerprint density at radius 1 is 0.938 bits per heavy atom. The Labute approximate surface area is 92.7 Å². The monoisotopic (exact) mass is 210 g/mol. The quantitative estimate of drug-likeness (QED) is 0.725. The number of carbonyl (C=O) groups is 1. The number of hydrogen-bond donors (Lipinski definition) is 0. The summed E-state index contributed by atoms with van der Waals surface area (Å²) in [5, 5.41) is 3.78. The number of carbonyl (C=O) groups excluding carboxylic acids is 1. The number of para-hydroxylation sites is 1. The summed E-state index contributed by atoms with van der Waals surface area (Å²) < 4.78 is 5.09. The van der Waals surface area contributed by atoms with Crippen molar-refractivity contribution < 1.29 is 9.53 Å². The Kier molecular flexibility index (Phi) is 1.90. The maximum Gasteiger partial charge on any atom is 0.439 e. The molecule has 0 saturated heterocycles. The van der Waals surface area contributed by atoms with Crippen molar-refractivity contribution in [3.8, 4) is 16.9 Å². The van der Waals surface area contributed by atoms with Crippen LogP contribution in [0.4, 0.5) is 10.5 Å². The zero-order valence-corrected chi connectivity index (χ0v) is 8.38. The summed E-state index contributed by atoms with van der Waals surface area (Å²) in [6.07, 6.45) is -0.543. The average Bonchev–Trinajstić information content (AvgIpc) is 2.70. The molecule has 3 heteroatoms. The third kappa shape index (κ3) is 1.34. The van der Waals surface area contributed by atoms with Crippen LogP contribution in [-0.2, 0) is 0 Å². The first-order valence-corrected chi connectivity index (χ1v) is 4.96. The van der Waals surface area contributed by atoms with Crippen molar-refractivity contribution in [3.05, 3.63) is 48.5 Å². The van der Waals surface area contributed by atoms with Gasteiger partial charge in [-0.2, -0.15) is 5.32 Å². The molecule has 3 nitrogen and oxygen atoms in total. The van der Waals surface area contributed by atoms with E-state index in [1.165, 1.54) is 0 Å². The highest BCUT2D eigenvalue weighted by atomic mass is 16.6. The Hall–Kier alpha value is -2.29. The Morgan fingerprint density at radius 2 is 1.75 bits per heavy atom. The molecule has 0 aromatic heterocycles. The van der Waals surface area contributed by atoms with Crippen molar-refractivity contribution in [3.63, 3.8) is 0 Å². The molecule has 2 aromatic rings. The van der Waals surface area contributed by atoms with Gasteiger partial charge in [0, 0.05) is 5.56 Å². The second kappa shape index (κ2) is 3.38. The van der Waals surface area contributed by atoms with Crippen molar-refractivity contribution >= 4 is 11.8 Å². The normalized spacial score (nSPS) is 12.9. The van der Waals surface area contributed by atoms with E-state index in [0.29, 0.717) is 11.4 Å². The smallest absolute Gasteiger partial charge is 0.406 e. The first-order valence-electron chi connectivity index (χ1n) is 4.96. The lowest BCUT2D eigenvalue weighted by atomic mass is 10.0. The predicted molar refractivity (Wildman–Crippen MR) is 59.7 cm³/mol. The molecule has 0 bridgehead atoms. The van der Waals surface area contributed by atoms with E-state index in [0.717, 1.165) is 11.1 Å². The predicted octanol–water partition coefficient (Wildman–Crippen LogP) is 3.10.